The molecular weight excluding hydrogens is 385 g/mol. The third-order valence-corrected chi connectivity index (χ3v) is 4.63. The summed E-state index contributed by atoms with van der Waals surface area (Å²) in [5, 5.41) is 0.482. The molecule has 0 unspecified atom stereocenters. The van der Waals surface area contributed by atoms with Gasteiger partial charge in [-0.1, -0.05) is 41.6 Å². The summed E-state index contributed by atoms with van der Waals surface area (Å²) in [6, 6.07) is 10.4. The zero-order valence-corrected chi connectivity index (χ0v) is 15.4. The SMILES string of the molecule is CCOC(=O)C=CCc1ccc(Sc2cccc(C(F)(F)F)c2)cc1Cl. The van der Waals surface area contributed by atoms with Crippen molar-refractivity contribution in [3.63, 3.8) is 0 Å². The minimum Gasteiger partial charge on any atom is -0.463 e. The molecule has 0 N–H and O–H groups in total. The number of hydrogen-bond donors (Lipinski definition) is 0. The molecular formula is C19H16ClF3O2S. The van der Waals surface area contributed by atoms with Gasteiger partial charge in [-0.25, -0.2) is 4.79 Å². The molecule has 0 heterocycles. The Morgan fingerprint density at radius 1 is 1.19 bits per heavy atom. The highest BCUT2D eigenvalue weighted by Crippen LogP contribution is 2.35. The Hall–Kier alpha value is -1.92. The van der Waals surface area contributed by atoms with E-state index >= 15 is 0 Å². The van der Waals surface area contributed by atoms with Crippen molar-refractivity contribution in [1.82, 2.24) is 0 Å². The number of halogens is 4. The first kappa shape index (κ1) is 20.4. The van der Waals surface area contributed by atoms with Gasteiger partial charge in [0.1, 0.15) is 0 Å². The fourth-order valence-electron chi connectivity index (χ4n) is 2.10. The molecule has 0 saturated heterocycles. The average molecular weight is 401 g/mol. The van der Waals surface area contributed by atoms with Crippen LogP contribution in [0.1, 0.15) is 18.1 Å². The Kier molecular flexibility index (Phi) is 7.17. The number of esters is 1. The van der Waals surface area contributed by atoms with Crippen LogP contribution in [0, 0.1) is 0 Å². The van der Waals surface area contributed by atoms with Gasteiger partial charge < -0.3 is 4.74 Å². The largest absolute Gasteiger partial charge is 0.463 e. The third kappa shape index (κ3) is 6.11. The van der Waals surface area contributed by atoms with Crippen molar-refractivity contribution in [2.45, 2.75) is 29.3 Å². The number of allylic oxidation sites excluding steroid dienone is 1. The molecule has 0 aliphatic heterocycles. The maximum Gasteiger partial charge on any atom is 0.416 e. The van der Waals surface area contributed by atoms with E-state index in [-0.39, 0.29) is 0 Å². The maximum atomic E-state index is 12.8. The van der Waals surface area contributed by atoms with Crippen LogP contribution in [-0.2, 0) is 22.1 Å². The first-order valence-electron chi connectivity index (χ1n) is 7.76. The van der Waals surface area contributed by atoms with Gasteiger partial charge in [0.15, 0.2) is 0 Å². The molecule has 0 atom stereocenters. The van der Waals surface area contributed by atoms with E-state index in [1.807, 2.05) is 0 Å². The minimum atomic E-state index is -4.37. The summed E-state index contributed by atoms with van der Waals surface area (Å²) >= 11 is 7.43. The van der Waals surface area contributed by atoms with Crippen molar-refractivity contribution in [2.24, 2.45) is 0 Å². The summed E-state index contributed by atoms with van der Waals surface area (Å²) in [6.07, 6.45) is -0.931. The Morgan fingerprint density at radius 3 is 2.58 bits per heavy atom. The first-order chi connectivity index (χ1) is 12.3. The van der Waals surface area contributed by atoms with E-state index in [4.69, 9.17) is 16.3 Å². The molecule has 7 heteroatoms. The van der Waals surface area contributed by atoms with Crippen LogP contribution in [0.25, 0.3) is 0 Å². The van der Waals surface area contributed by atoms with E-state index in [1.165, 1.54) is 23.9 Å². The van der Waals surface area contributed by atoms with Crippen LogP contribution in [0.5, 0.6) is 0 Å². The van der Waals surface area contributed by atoms with Gasteiger partial charge in [-0.2, -0.15) is 13.2 Å². The second-order valence-electron chi connectivity index (χ2n) is 5.24. The molecule has 2 aromatic carbocycles. The van der Waals surface area contributed by atoms with Crippen LogP contribution < -0.4 is 0 Å². The molecule has 0 spiro atoms. The topological polar surface area (TPSA) is 26.3 Å². The molecule has 2 rings (SSSR count). The van der Waals surface area contributed by atoms with E-state index in [0.717, 1.165) is 22.6 Å². The average Bonchev–Trinajstić information content (AvgIpc) is 2.56. The van der Waals surface area contributed by atoms with Crippen molar-refractivity contribution < 1.29 is 22.7 Å². The lowest BCUT2D eigenvalue weighted by atomic mass is 10.1. The lowest BCUT2D eigenvalue weighted by molar-refractivity contribution is -0.138. The van der Waals surface area contributed by atoms with Crippen LogP contribution in [-0.4, -0.2) is 12.6 Å². The summed E-state index contributed by atoms with van der Waals surface area (Å²) in [4.78, 5) is 12.5. The van der Waals surface area contributed by atoms with Gasteiger partial charge in [0.25, 0.3) is 0 Å². The highest BCUT2D eigenvalue weighted by Gasteiger charge is 2.30. The van der Waals surface area contributed by atoms with Gasteiger partial charge in [0, 0.05) is 20.9 Å². The number of alkyl halides is 3. The van der Waals surface area contributed by atoms with Crippen LogP contribution in [0.3, 0.4) is 0 Å². The summed E-state index contributed by atoms with van der Waals surface area (Å²) in [7, 11) is 0. The fraction of sp³-hybridized carbons (Fsp3) is 0.211. The molecule has 2 aromatic rings. The van der Waals surface area contributed by atoms with Gasteiger partial charge in [-0.3, -0.25) is 0 Å². The molecule has 0 amide bonds. The molecule has 0 aliphatic carbocycles. The predicted molar refractivity (Wildman–Crippen MR) is 96.5 cm³/mol. The third-order valence-electron chi connectivity index (χ3n) is 3.30. The standard InChI is InChI=1S/C19H16ClF3O2S/c1-2-25-18(24)8-3-5-13-9-10-16(12-17(13)20)26-15-7-4-6-14(11-15)19(21,22)23/h3-4,6-12H,2,5H2,1H3. The molecule has 0 saturated carbocycles. The fourth-order valence-corrected chi connectivity index (χ4v) is 3.34. The minimum absolute atomic E-state index is 0.311. The van der Waals surface area contributed by atoms with E-state index in [1.54, 1.807) is 37.3 Å². The van der Waals surface area contributed by atoms with Crippen LogP contribution in [0.4, 0.5) is 13.2 Å². The molecule has 0 radical (unpaired) electrons. The maximum absolute atomic E-state index is 12.8. The Morgan fingerprint density at radius 2 is 1.92 bits per heavy atom. The zero-order chi connectivity index (χ0) is 19.2. The van der Waals surface area contributed by atoms with E-state index in [2.05, 4.69) is 0 Å². The number of benzene rings is 2. The molecule has 138 valence electrons. The lowest BCUT2D eigenvalue weighted by Gasteiger charge is -2.09. The first-order valence-corrected chi connectivity index (χ1v) is 8.96. The molecule has 0 bridgehead atoms. The van der Waals surface area contributed by atoms with Gasteiger partial charge in [-0.05, 0) is 49.2 Å². The monoisotopic (exact) mass is 400 g/mol. The van der Waals surface area contributed by atoms with Crippen molar-refractivity contribution in [1.29, 1.82) is 0 Å². The van der Waals surface area contributed by atoms with Gasteiger partial charge in [0.05, 0.1) is 12.2 Å². The normalized spacial score (nSPS) is 11.7. The zero-order valence-electron chi connectivity index (χ0n) is 13.8. The number of carbonyl (C=O) groups is 1. The Balaban J connectivity index is 2.07. The van der Waals surface area contributed by atoms with Crippen LogP contribution in [0.15, 0.2) is 64.4 Å². The molecule has 2 nitrogen and oxygen atoms in total. The molecule has 0 fully saturated rings. The van der Waals surface area contributed by atoms with E-state index in [9.17, 15) is 18.0 Å². The second kappa shape index (κ2) is 9.14. The lowest BCUT2D eigenvalue weighted by Crippen LogP contribution is -2.04. The van der Waals surface area contributed by atoms with Gasteiger partial charge in [0.2, 0.25) is 0 Å². The van der Waals surface area contributed by atoms with Crippen molar-refractivity contribution in [3.05, 3.63) is 70.8 Å². The number of carbonyl (C=O) groups excluding carboxylic acids is 1. The number of ether oxygens (including phenoxy) is 1. The predicted octanol–water partition coefficient (Wildman–Crippen LogP) is 6.17. The van der Waals surface area contributed by atoms with Gasteiger partial charge in [-0.15, -0.1) is 0 Å². The second-order valence-corrected chi connectivity index (χ2v) is 6.79. The quantitative estimate of drug-likeness (QED) is 0.428. The van der Waals surface area contributed by atoms with E-state index in [0.29, 0.717) is 22.9 Å². The van der Waals surface area contributed by atoms with Crippen molar-refractivity contribution >= 4 is 29.3 Å². The summed E-state index contributed by atoms with van der Waals surface area (Å²) in [5.74, 6) is -0.416. The van der Waals surface area contributed by atoms with Gasteiger partial charge >= 0.3 is 12.1 Å². The highest BCUT2D eigenvalue weighted by atomic mass is 35.5. The van der Waals surface area contributed by atoms with Crippen molar-refractivity contribution in [2.75, 3.05) is 6.61 Å². The summed E-state index contributed by atoms with van der Waals surface area (Å²) in [6.45, 7) is 2.04. The highest BCUT2D eigenvalue weighted by molar-refractivity contribution is 7.99. The summed E-state index contributed by atoms with van der Waals surface area (Å²) in [5.41, 5.74) is 0.120. The number of hydrogen-bond acceptors (Lipinski definition) is 3. The Bertz CT molecular complexity index is 804. The Labute approximate surface area is 159 Å². The molecule has 0 aromatic heterocycles. The molecule has 0 aliphatic rings. The molecule has 26 heavy (non-hydrogen) atoms. The van der Waals surface area contributed by atoms with Crippen LogP contribution >= 0.6 is 23.4 Å². The van der Waals surface area contributed by atoms with Crippen LogP contribution in [0.2, 0.25) is 5.02 Å². The van der Waals surface area contributed by atoms with E-state index < -0.39 is 17.7 Å². The smallest absolute Gasteiger partial charge is 0.416 e. The summed E-state index contributed by atoms with van der Waals surface area (Å²) < 4.78 is 43.1. The number of rotatable bonds is 6. The van der Waals surface area contributed by atoms with Crippen molar-refractivity contribution in [3.8, 4) is 0 Å².